The van der Waals surface area contributed by atoms with E-state index in [0.29, 0.717) is 12.4 Å². The first-order valence-corrected chi connectivity index (χ1v) is 8.68. The van der Waals surface area contributed by atoms with Gasteiger partial charge in [-0.2, -0.15) is 0 Å². The highest BCUT2D eigenvalue weighted by Gasteiger charge is 2.06. The van der Waals surface area contributed by atoms with Crippen LogP contribution in [0, 0.1) is 24.5 Å². The minimum Gasteiger partial charge on any atom is -0.489 e. The Morgan fingerprint density at radius 3 is 2.12 bits per heavy atom. The molecule has 130 valence electrons. The van der Waals surface area contributed by atoms with Crippen molar-refractivity contribution in [2.75, 3.05) is 0 Å². The molecule has 0 saturated heterocycles. The molecule has 3 rings (SSSR count). The van der Waals surface area contributed by atoms with Crippen LogP contribution < -0.4 is 4.74 Å². The number of halogens is 2. The molecule has 0 unspecified atom stereocenters. The van der Waals surface area contributed by atoms with Crippen LogP contribution in [0.15, 0.2) is 42.5 Å². The third-order valence-corrected chi connectivity index (χ3v) is 4.31. The molecule has 0 aromatic heterocycles. The summed E-state index contributed by atoms with van der Waals surface area (Å²) in [5, 5.41) is 0. The van der Waals surface area contributed by atoms with Crippen molar-refractivity contribution in [2.24, 2.45) is 5.92 Å². The SMILES string of the molecule is CC1CCCCC1.Cc1ccc(COc2ccc(F)c(F)c2)cc1. The van der Waals surface area contributed by atoms with Crippen LogP contribution in [0.25, 0.3) is 0 Å². The molecule has 2 aromatic rings. The summed E-state index contributed by atoms with van der Waals surface area (Å²) in [6.45, 7) is 4.70. The van der Waals surface area contributed by atoms with E-state index in [2.05, 4.69) is 6.92 Å². The highest BCUT2D eigenvalue weighted by Crippen LogP contribution is 2.22. The van der Waals surface area contributed by atoms with Crippen molar-refractivity contribution in [3.8, 4) is 5.75 Å². The summed E-state index contributed by atoms with van der Waals surface area (Å²) < 4.78 is 30.9. The van der Waals surface area contributed by atoms with Crippen molar-refractivity contribution in [1.29, 1.82) is 0 Å². The second kappa shape index (κ2) is 9.41. The smallest absolute Gasteiger partial charge is 0.162 e. The van der Waals surface area contributed by atoms with Crippen molar-refractivity contribution in [3.63, 3.8) is 0 Å². The zero-order chi connectivity index (χ0) is 17.4. The summed E-state index contributed by atoms with van der Waals surface area (Å²) in [7, 11) is 0. The maximum atomic E-state index is 12.9. The van der Waals surface area contributed by atoms with Crippen molar-refractivity contribution >= 4 is 0 Å². The van der Waals surface area contributed by atoms with E-state index >= 15 is 0 Å². The summed E-state index contributed by atoms with van der Waals surface area (Å²) in [5.41, 5.74) is 2.15. The first-order valence-electron chi connectivity index (χ1n) is 8.68. The van der Waals surface area contributed by atoms with Crippen LogP contribution in [0.4, 0.5) is 8.78 Å². The van der Waals surface area contributed by atoms with Gasteiger partial charge >= 0.3 is 0 Å². The molecule has 1 nitrogen and oxygen atoms in total. The largest absolute Gasteiger partial charge is 0.489 e. The Kier molecular flexibility index (Phi) is 7.23. The normalized spacial score (nSPS) is 14.7. The van der Waals surface area contributed by atoms with Crippen LogP contribution in [0.1, 0.15) is 50.2 Å². The summed E-state index contributed by atoms with van der Waals surface area (Å²) >= 11 is 0. The second-order valence-electron chi connectivity index (χ2n) is 6.59. The summed E-state index contributed by atoms with van der Waals surface area (Å²) in [6, 6.07) is 11.3. The summed E-state index contributed by atoms with van der Waals surface area (Å²) in [5.74, 6) is -0.405. The molecule has 1 fully saturated rings. The lowest BCUT2D eigenvalue weighted by Gasteiger charge is -2.15. The van der Waals surface area contributed by atoms with Crippen LogP contribution in [0.5, 0.6) is 5.75 Å². The highest BCUT2D eigenvalue weighted by molar-refractivity contribution is 5.25. The fraction of sp³-hybridized carbons (Fsp3) is 0.429. The Morgan fingerprint density at radius 2 is 1.58 bits per heavy atom. The average molecular weight is 332 g/mol. The summed E-state index contributed by atoms with van der Waals surface area (Å²) in [6.07, 6.45) is 7.44. The number of hydrogen-bond donors (Lipinski definition) is 0. The maximum absolute atomic E-state index is 12.9. The van der Waals surface area contributed by atoms with Gasteiger partial charge in [-0.1, -0.05) is 68.9 Å². The first kappa shape index (κ1) is 18.4. The van der Waals surface area contributed by atoms with Crippen molar-refractivity contribution in [3.05, 3.63) is 65.2 Å². The van der Waals surface area contributed by atoms with Crippen LogP contribution in [0.2, 0.25) is 0 Å². The summed E-state index contributed by atoms with van der Waals surface area (Å²) in [4.78, 5) is 0. The van der Waals surface area contributed by atoms with E-state index in [1.807, 2.05) is 31.2 Å². The van der Waals surface area contributed by atoms with Gasteiger partial charge in [0.2, 0.25) is 0 Å². The van der Waals surface area contributed by atoms with Gasteiger partial charge < -0.3 is 4.74 Å². The molecule has 1 saturated carbocycles. The van der Waals surface area contributed by atoms with Gasteiger partial charge in [0.1, 0.15) is 12.4 Å². The van der Waals surface area contributed by atoms with Gasteiger partial charge in [0.25, 0.3) is 0 Å². The van der Waals surface area contributed by atoms with Crippen LogP contribution in [-0.2, 0) is 6.61 Å². The van der Waals surface area contributed by atoms with Gasteiger partial charge in [-0.3, -0.25) is 0 Å². The van der Waals surface area contributed by atoms with E-state index in [0.717, 1.165) is 23.6 Å². The zero-order valence-corrected chi connectivity index (χ0v) is 14.5. The fourth-order valence-electron chi connectivity index (χ4n) is 2.72. The molecule has 0 amide bonds. The molecule has 24 heavy (non-hydrogen) atoms. The molecule has 0 bridgehead atoms. The molecular formula is C21H26F2O. The molecule has 3 heteroatoms. The number of ether oxygens (including phenoxy) is 1. The Bertz CT molecular complexity index is 616. The quantitative estimate of drug-likeness (QED) is 0.628. The van der Waals surface area contributed by atoms with Gasteiger partial charge in [-0.25, -0.2) is 8.78 Å². The maximum Gasteiger partial charge on any atom is 0.162 e. The van der Waals surface area contributed by atoms with Crippen molar-refractivity contribution < 1.29 is 13.5 Å². The average Bonchev–Trinajstić information content (AvgIpc) is 2.59. The van der Waals surface area contributed by atoms with E-state index < -0.39 is 11.6 Å². The van der Waals surface area contributed by atoms with E-state index in [-0.39, 0.29) is 0 Å². The number of rotatable bonds is 3. The van der Waals surface area contributed by atoms with Crippen molar-refractivity contribution in [2.45, 2.75) is 52.6 Å². The monoisotopic (exact) mass is 332 g/mol. The standard InChI is InChI=1S/C14H12F2O.C7H14/c1-10-2-4-11(5-3-10)9-17-12-6-7-13(15)14(16)8-12;1-7-5-3-2-4-6-7/h2-8H,9H2,1H3;7H,2-6H2,1H3. The molecular weight excluding hydrogens is 306 g/mol. The molecule has 0 heterocycles. The predicted octanol–water partition coefficient (Wildman–Crippen LogP) is 6.44. The lowest BCUT2D eigenvalue weighted by atomic mass is 9.91. The predicted molar refractivity (Wildman–Crippen MR) is 94.1 cm³/mol. The zero-order valence-electron chi connectivity index (χ0n) is 14.5. The van der Waals surface area contributed by atoms with Gasteiger partial charge in [0.15, 0.2) is 11.6 Å². The molecule has 1 aliphatic carbocycles. The molecule has 0 N–H and O–H groups in total. The van der Waals surface area contributed by atoms with E-state index in [9.17, 15) is 8.78 Å². The van der Waals surface area contributed by atoms with Crippen LogP contribution >= 0.6 is 0 Å². The molecule has 0 atom stereocenters. The van der Waals surface area contributed by atoms with Crippen molar-refractivity contribution in [1.82, 2.24) is 0 Å². The van der Waals surface area contributed by atoms with E-state index in [4.69, 9.17) is 4.74 Å². The van der Waals surface area contributed by atoms with Gasteiger partial charge in [0.05, 0.1) is 0 Å². The minimum absolute atomic E-state index is 0.324. The topological polar surface area (TPSA) is 9.23 Å². The third kappa shape index (κ3) is 6.31. The lowest BCUT2D eigenvalue weighted by molar-refractivity contribution is 0.303. The highest BCUT2D eigenvalue weighted by atomic mass is 19.2. The molecule has 0 radical (unpaired) electrons. The van der Waals surface area contributed by atoms with Crippen LogP contribution in [-0.4, -0.2) is 0 Å². The Labute approximate surface area is 143 Å². The minimum atomic E-state index is -0.897. The number of aryl methyl sites for hydroxylation is 1. The van der Waals surface area contributed by atoms with E-state index in [1.54, 1.807) is 0 Å². The van der Waals surface area contributed by atoms with E-state index in [1.165, 1.54) is 43.7 Å². The van der Waals surface area contributed by atoms with Gasteiger partial charge in [-0.05, 0) is 30.5 Å². The van der Waals surface area contributed by atoms with Gasteiger partial charge in [0, 0.05) is 6.07 Å². The Morgan fingerprint density at radius 1 is 0.917 bits per heavy atom. The third-order valence-electron chi connectivity index (χ3n) is 4.31. The fourth-order valence-corrected chi connectivity index (χ4v) is 2.72. The number of benzene rings is 2. The number of hydrogen-bond acceptors (Lipinski definition) is 1. The molecule has 0 spiro atoms. The second-order valence-corrected chi connectivity index (χ2v) is 6.59. The Hall–Kier alpha value is -1.90. The molecule has 1 aliphatic rings. The van der Waals surface area contributed by atoms with Gasteiger partial charge in [-0.15, -0.1) is 0 Å². The Balaban J connectivity index is 0.000000249. The lowest BCUT2D eigenvalue weighted by Crippen LogP contribution is -1.99. The van der Waals surface area contributed by atoms with Crippen LogP contribution in [0.3, 0.4) is 0 Å². The molecule has 0 aliphatic heterocycles. The molecule has 2 aromatic carbocycles. The first-order chi connectivity index (χ1) is 11.5.